The van der Waals surface area contributed by atoms with E-state index < -0.39 is 10.0 Å². The maximum Gasteiger partial charge on any atom is 0.232 e. The van der Waals surface area contributed by atoms with Gasteiger partial charge in [-0.2, -0.15) is 0 Å². The number of hydrogen-bond acceptors (Lipinski definition) is 4. The molecule has 2 aliphatic rings. The van der Waals surface area contributed by atoms with Gasteiger partial charge in [0.05, 0.1) is 11.2 Å². The highest BCUT2D eigenvalue weighted by Gasteiger charge is 2.49. The Kier molecular flexibility index (Phi) is 4.44. The first-order valence-electron chi connectivity index (χ1n) is 8.01. The van der Waals surface area contributed by atoms with Gasteiger partial charge in [-0.05, 0) is 43.0 Å². The van der Waals surface area contributed by atoms with Crippen LogP contribution in [0.15, 0.2) is 24.3 Å². The molecule has 0 spiro atoms. The number of amides is 1. The van der Waals surface area contributed by atoms with Crippen molar-refractivity contribution in [2.45, 2.75) is 31.4 Å². The first-order valence-corrected chi connectivity index (χ1v) is 9.72. The molecule has 1 aromatic rings. The van der Waals surface area contributed by atoms with E-state index >= 15 is 0 Å². The summed E-state index contributed by atoms with van der Waals surface area (Å²) in [6, 6.07) is 6.89. The van der Waals surface area contributed by atoms with Gasteiger partial charge in [0, 0.05) is 12.2 Å². The zero-order valence-corrected chi connectivity index (χ0v) is 13.9. The molecule has 3 rings (SSSR count). The van der Waals surface area contributed by atoms with Gasteiger partial charge in [-0.3, -0.25) is 4.79 Å². The van der Waals surface area contributed by atoms with E-state index in [2.05, 4.69) is 10.6 Å². The van der Waals surface area contributed by atoms with Gasteiger partial charge in [-0.1, -0.05) is 25.0 Å². The molecular formula is C16H23N3O3S. The quantitative estimate of drug-likeness (QED) is 0.768. The summed E-state index contributed by atoms with van der Waals surface area (Å²) in [6.45, 7) is 1.62. The van der Waals surface area contributed by atoms with Crippen LogP contribution in [0.25, 0.3) is 0 Å². The monoisotopic (exact) mass is 337 g/mol. The van der Waals surface area contributed by atoms with Crippen LogP contribution in [0.3, 0.4) is 0 Å². The predicted molar refractivity (Wildman–Crippen MR) is 89.1 cm³/mol. The molecule has 2 fully saturated rings. The van der Waals surface area contributed by atoms with Crippen LogP contribution in [0, 0.1) is 11.3 Å². The summed E-state index contributed by atoms with van der Waals surface area (Å²) in [6.07, 6.45) is 4.27. The lowest BCUT2D eigenvalue weighted by atomic mass is 9.67. The Morgan fingerprint density at radius 1 is 1.39 bits per heavy atom. The number of anilines is 1. The fourth-order valence-corrected chi connectivity index (χ4v) is 4.56. The van der Waals surface area contributed by atoms with E-state index in [0.29, 0.717) is 17.2 Å². The number of carbonyl (C=O) groups excluding carboxylic acids is 1. The van der Waals surface area contributed by atoms with E-state index in [0.717, 1.165) is 32.4 Å². The lowest BCUT2D eigenvalue weighted by Gasteiger charge is -2.37. The number of hydrogen-bond donors (Lipinski definition) is 3. The van der Waals surface area contributed by atoms with Gasteiger partial charge < -0.3 is 10.6 Å². The van der Waals surface area contributed by atoms with Gasteiger partial charge in [0.2, 0.25) is 15.9 Å². The average Bonchev–Trinajstić information content (AvgIpc) is 2.91. The van der Waals surface area contributed by atoms with E-state index in [1.165, 1.54) is 6.42 Å². The highest BCUT2D eigenvalue weighted by atomic mass is 32.2. The molecule has 0 unspecified atom stereocenters. The molecule has 1 aliphatic carbocycles. The van der Waals surface area contributed by atoms with Crippen LogP contribution in [0.4, 0.5) is 5.69 Å². The molecule has 0 radical (unpaired) electrons. The number of carbonyl (C=O) groups is 1. The Hall–Kier alpha value is -1.44. The molecule has 1 saturated carbocycles. The van der Waals surface area contributed by atoms with Gasteiger partial charge in [-0.25, -0.2) is 13.6 Å². The van der Waals surface area contributed by atoms with Crippen molar-refractivity contribution in [3.05, 3.63) is 29.8 Å². The number of fused-ring (bicyclic) bond motifs is 1. The molecule has 0 aromatic heterocycles. The van der Waals surface area contributed by atoms with Crippen molar-refractivity contribution in [3.63, 3.8) is 0 Å². The standard InChI is InChI=1S/C16H23N3O3S/c17-23(21,22)10-12-4-3-6-14(8-12)19-15(20)16-7-2-1-5-13(16)9-18-11-16/h3-4,6,8,13,18H,1-2,5,7,9-11H2,(H,19,20)(H2,17,21,22)/t13-,16+/m0/s1. The van der Waals surface area contributed by atoms with Crippen molar-refractivity contribution in [1.82, 2.24) is 5.32 Å². The van der Waals surface area contributed by atoms with Crippen LogP contribution in [0.1, 0.15) is 31.2 Å². The third kappa shape index (κ3) is 3.57. The topological polar surface area (TPSA) is 101 Å². The molecule has 4 N–H and O–H groups in total. The number of rotatable bonds is 4. The molecular weight excluding hydrogens is 314 g/mol. The molecule has 23 heavy (non-hydrogen) atoms. The SMILES string of the molecule is NS(=O)(=O)Cc1cccc(NC(=O)[C@@]23CCCC[C@H]2CNC3)c1. The number of benzene rings is 1. The fourth-order valence-electron chi connectivity index (χ4n) is 3.92. The van der Waals surface area contributed by atoms with E-state index in [1.54, 1.807) is 24.3 Å². The number of nitrogens with two attached hydrogens (primary N) is 1. The van der Waals surface area contributed by atoms with Crippen LogP contribution in [-0.2, 0) is 20.6 Å². The van der Waals surface area contributed by atoms with Gasteiger partial charge in [0.1, 0.15) is 0 Å². The van der Waals surface area contributed by atoms with Crippen LogP contribution in [-0.4, -0.2) is 27.4 Å². The highest BCUT2D eigenvalue weighted by molar-refractivity contribution is 7.88. The third-order valence-corrected chi connectivity index (χ3v) is 5.78. The van der Waals surface area contributed by atoms with Crippen LogP contribution in [0.5, 0.6) is 0 Å². The minimum absolute atomic E-state index is 0.0416. The van der Waals surface area contributed by atoms with Crippen molar-refractivity contribution in [2.75, 3.05) is 18.4 Å². The van der Waals surface area contributed by atoms with E-state index in [9.17, 15) is 13.2 Å². The number of nitrogens with one attached hydrogen (secondary N) is 2. The first kappa shape index (κ1) is 16.4. The number of sulfonamides is 1. The van der Waals surface area contributed by atoms with E-state index in [1.807, 2.05) is 0 Å². The minimum atomic E-state index is -3.58. The molecule has 7 heteroatoms. The second-order valence-corrected chi connectivity index (χ2v) is 8.31. The Morgan fingerprint density at radius 2 is 2.22 bits per heavy atom. The molecule has 6 nitrogen and oxygen atoms in total. The Bertz CT molecular complexity index is 704. The second kappa shape index (κ2) is 6.22. The van der Waals surface area contributed by atoms with Gasteiger partial charge >= 0.3 is 0 Å². The lowest BCUT2D eigenvalue weighted by molar-refractivity contribution is -0.128. The summed E-state index contributed by atoms with van der Waals surface area (Å²) >= 11 is 0. The fraction of sp³-hybridized carbons (Fsp3) is 0.562. The van der Waals surface area contributed by atoms with Crippen LogP contribution >= 0.6 is 0 Å². The smallest absolute Gasteiger partial charge is 0.232 e. The summed E-state index contributed by atoms with van der Waals surface area (Å²) in [5.74, 6) is 0.204. The van der Waals surface area contributed by atoms with E-state index in [-0.39, 0.29) is 17.1 Å². The zero-order chi connectivity index (χ0) is 16.5. The van der Waals surface area contributed by atoms with Crippen LogP contribution < -0.4 is 15.8 Å². The minimum Gasteiger partial charge on any atom is -0.326 e. The molecule has 0 bridgehead atoms. The molecule has 126 valence electrons. The largest absolute Gasteiger partial charge is 0.326 e. The van der Waals surface area contributed by atoms with Gasteiger partial charge in [0.25, 0.3) is 0 Å². The summed E-state index contributed by atoms with van der Waals surface area (Å²) in [5.41, 5.74) is 0.878. The molecule has 1 aromatic carbocycles. The maximum absolute atomic E-state index is 12.9. The first-order chi connectivity index (χ1) is 10.9. The van der Waals surface area contributed by atoms with Crippen molar-refractivity contribution in [2.24, 2.45) is 16.5 Å². The molecule has 1 amide bonds. The average molecular weight is 337 g/mol. The summed E-state index contributed by atoms with van der Waals surface area (Å²) < 4.78 is 22.4. The van der Waals surface area contributed by atoms with Gasteiger partial charge in [-0.15, -0.1) is 0 Å². The summed E-state index contributed by atoms with van der Waals surface area (Å²) in [4.78, 5) is 12.9. The molecule has 1 heterocycles. The Morgan fingerprint density at radius 3 is 3.00 bits per heavy atom. The summed E-state index contributed by atoms with van der Waals surface area (Å²) in [7, 11) is -3.58. The highest BCUT2D eigenvalue weighted by Crippen LogP contribution is 2.44. The lowest BCUT2D eigenvalue weighted by Crippen LogP contribution is -2.44. The normalized spacial score (nSPS) is 27.4. The molecule has 1 aliphatic heterocycles. The van der Waals surface area contributed by atoms with Gasteiger partial charge in [0.15, 0.2) is 0 Å². The Labute approximate surface area is 136 Å². The predicted octanol–water partition coefficient (Wildman–Crippen LogP) is 1.19. The third-order valence-electron chi connectivity index (χ3n) is 5.04. The van der Waals surface area contributed by atoms with Crippen molar-refractivity contribution >= 4 is 21.6 Å². The molecule has 2 atom stereocenters. The van der Waals surface area contributed by atoms with Crippen molar-refractivity contribution in [1.29, 1.82) is 0 Å². The van der Waals surface area contributed by atoms with Crippen molar-refractivity contribution < 1.29 is 13.2 Å². The van der Waals surface area contributed by atoms with Crippen LogP contribution in [0.2, 0.25) is 0 Å². The second-order valence-electron chi connectivity index (χ2n) is 6.69. The summed E-state index contributed by atoms with van der Waals surface area (Å²) in [5, 5.41) is 11.4. The Balaban J connectivity index is 1.76. The van der Waals surface area contributed by atoms with Crippen molar-refractivity contribution in [3.8, 4) is 0 Å². The maximum atomic E-state index is 12.9. The number of primary sulfonamides is 1. The van der Waals surface area contributed by atoms with E-state index in [4.69, 9.17) is 5.14 Å². The molecule has 1 saturated heterocycles. The zero-order valence-electron chi connectivity index (χ0n) is 13.0.